The van der Waals surface area contributed by atoms with Gasteiger partial charge in [0, 0.05) is 16.3 Å². The average molecular weight is 392 g/mol. The van der Waals surface area contributed by atoms with Gasteiger partial charge < -0.3 is 19.5 Å². The summed E-state index contributed by atoms with van der Waals surface area (Å²) in [5.74, 6) is 1.21. The summed E-state index contributed by atoms with van der Waals surface area (Å²) in [6.45, 7) is 1.74. The largest absolute Gasteiger partial charge is 0.493 e. The van der Waals surface area contributed by atoms with E-state index in [0.717, 1.165) is 5.69 Å². The summed E-state index contributed by atoms with van der Waals surface area (Å²) in [7, 11) is 4.59. The van der Waals surface area contributed by atoms with E-state index in [4.69, 9.17) is 25.8 Å². The minimum atomic E-state index is -0.483. The van der Waals surface area contributed by atoms with E-state index in [1.54, 1.807) is 43.3 Å². The van der Waals surface area contributed by atoms with Crippen molar-refractivity contribution in [3.05, 3.63) is 47.0 Å². The molecule has 0 saturated heterocycles. The second-order valence-electron chi connectivity index (χ2n) is 5.57. The molecule has 8 heteroatoms. The van der Waals surface area contributed by atoms with E-state index in [1.165, 1.54) is 27.5 Å². The average Bonchev–Trinajstić information content (AvgIpc) is 2.68. The molecule has 0 heterocycles. The molecule has 0 aliphatic heterocycles. The molecule has 1 atom stereocenters. The van der Waals surface area contributed by atoms with Gasteiger partial charge in [0.1, 0.15) is 6.04 Å². The van der Waals surface area contributed by atoms with Gasteiger partial charge in [-0.3, -0.25) is 4.79 Å². The number of carbonyl (C=O) groups excluding carboxylic acids is 1. The Morgan fingerprint density at radius 3 is 2.19 bits per heavy atom. The van der Waals surface area contributed by atoms with E-state index in [2.05, 4.69) is 15.8 Å². The predicted molar refractivity (Wildman–Crippen MR) is 106 cm³/mol. The van der Waals surface area contributed by atoms with Crippen molar-refractivity contribution in [3.8, 4) is 17.2 Å². The first-order chi connectivity index (χ1) is 13.0. The van der Waals surface area contributed by atoms with Crippen LogP contribution in [-0.2, 0) is 4.79 Å². The number of amides is 1. The molecule has 0 aliphatic carbocycles. The van der Waals surface area contributed by atoms with Crippen molar-refractivity contribution in [3.63, 3.8) is 0 Å². The smallest absolute Gasteiger partial charge is 0.262 e. The van der Waals surface area contributed by atoms with Gasteiger partial charge in [-0.1, -0.05) is 11.6 Å². The Kier molecular flexibility index (Phi) is 7.31. The first kappa shape index (κ1) is 20.4. The zero-order chi connectivity index (χ0) is 19.8. The van der Waals surface area contributed by atoms with Crippen molar-refractivity contribution >= 4 is 29.4 Å². The van der Waals surface area contributed by atoms with Gasteiger partial charge in [0.2, 0.25) is 5.75 Å². The minimum absolute atomic E-state index is 0.284. The number of benzene rings is 2. The van der Waals surface area contributed by atoms with Gasteiger partial charge in [-0.05, 0) is 43.3 Å². The van der Waals surface area contributed by atoms with E-state index < -0.39 is 6.04 Å². The third-order valence-electron chi connectivity index (χ3n) is 3.70. The Labute approximate surface area is 163 Å². The summed E-state index contributed by atoms with van der Waals surface area (Å²) in [5, 5.41) is 7.69. The number of hydrogen-bond acceptors (Lipinski definition) is 6. The highest BCUT2D eigenvalue weighted by Crippen LogP contribution is 2.37. The van der Waals surface area contributed by atoms with Crippen LogP contribution < -0.4 is 25.0 Å². The lowest BCUT2D eigenvalue weighted by Crippen LogP contribution is -2.34. The van der Waals surface area contributed by atoms with Crippen molar-refractivity contribution in [1.29, 1.82) is 0 Å². The topological polar surface area (TPSA) is 81.2 Å². The summed E-state index contributed by atoms with van der Waals surface area (Å²) in [5.41, 5.74) is 3.97. The van der Waals surface area contributed by atoms with Gasteiger partial charge >= 0.3 is 0 Å². The Hall–Kier alpha value is -2.93. The fourth-order valence-electron chi connectivity index (χ4n) is 2.30. The summed E-state index contributed by atoms with van der Waals surface area (Å²) in [6, 6.07) is 10.1. The van der Waals surface area contributed by atoms with Crippen LogP contribution >= 0.6 is 11.6 Å². The number of anilines is 1. The molecule has 0 aliphatic rings. The molecule has 0 spiro atoms. The minimum Gasteiger partial charge on any atom is -0.493 e. The van der Waals surface area contributed by atoms with Gasteiger partial charge in [0.25, 0.3) is 5.91 Å². The number of methoxy groups -OCH3 is 3. The van der Waals surface area contributed by atoms with Crippen molar-refractivity contribution < 1.29 is 19.0 Å². The third-order valence-corrected chi connectivity index (χ3v) is 3.95. The van der Waals surface area contributed by atoms with E-state index in [-0.39, 0.29) is 5.91 Å². The van der Waals surface area contributed by atoms with Gasteiger partial charge in [0.15, 0.2) is 11.5 Å². The highest BCUT2D eigenvalue weighted by atomic mass is 35.5. The van der Waals surface area contributed by atoms with Crippen LogP contribution in [0.5, 0.6) is 17.2 Å². The Bertz CT molecular complexity index is 784. The van der Waals surface area contributed by atoms with Crippen LogP contribution in [0.1, 0.15) is 12.5 Å². The number of ether oxygens (including phenoxy) is 3. The molecule has 2 rings (SSSR count). The first-order valence-corrected chi connectivity index (χ1v) is 8.51. The number of hydrazone groups is 1. The van der Waals surface area contributed by atoms with Gasteiger partial charge in [-0.25, -0.2) is 5.43 Å². The summed E-state index contributed by atoms with van der Waals surface area (Å²) in [4.78, 5) is 12.2. The van der Waals surface area contributed by atoms with Crippen molar-refractivity contribution in [1.82, 2.24) is 5.43 Å². The molecule has 0 fully saturated rings. The summed E-state index contributed by atoms with van der Waals surface area (Å²) < 4.78 is 15.8. The molecular formula is C19H22ClN3O4. The lowest BCUT2D eigenvalue weighted by molar-refractivity contribution is -0.121. The molecule has 2 N–H and O–H groups in total. The lowest BCUT2D eigenvalue weighted by atomic mass is 10.2. The summed E-state index contributed by atoms with van der Waals surface area (Å²) >= 11 is 5.85. The van der Waals surface area contributed by atoms with Crippen LogP contribution in [0.4, 0.5) is 5.69 Å². The quantitative estimate of drug-likeness (QED) is 0.533. The standard InChI is InChI=1S/C19H22ClN3O4/c1-12(22-15-7-5-14(20)6-8-15)19(24)23-21-11-13-9-16(25-2)18(27-4)17(10-13)26-3/h5-12,22H,1-4H3,(H,23,24). The van der Waals surface area contributed by atoms with Crippen LogP contribution in [-0.4, -0.2) is 39.5 Å². The second-order valence-corrected chi connectivity index (χ2v) is 6.00. The van der Waals surface area contributed by atoms with E-state index >= 15 is 0 Å². The van der Waals surface area contributed by atoms with Crippen molar-refractivity contribution in [2.75, 3.05) is 26.6 Å². The predicted octanol–water partition coefficient (Wildman–Crippen LogP) is 3.32. The molecule has 2 aromatic carbocycles. The van der Waals surface area contributed by atoms with Crippen LogP contribution in [0, 0.1) is 0 Å². The number of halogens is 1. The van der Waals surface area contributed by atoms with Crippen LogP contribution in [0.3, 0.4) is 0 Å². The van der Waals surface area contributed by atoms with Gasteiger partial charge in [-0.2, -0.15) is 5.10 Å². The molecule has 1 amide bonds. The van der Waals surface area contributed by atoms with Crippen LogP contribution in [0.25, 0.3) is 0 Å². The molecule has 1 unspecified atom stereocenters. The molecule has 27 heavy (non-hydrogen) atoms. The van der Waals surface area contributed by atoms with Gasteiger partial charge in [-0.15, -0.1) is 0 Å². The number of nitrogens with one attached hydrogen (secondary N) is 2. The maximum absolute atomic E-state index is 12.2. The van der Waals surface area contributed by atoms with E-state index in [0.29, 0.717) is 27.8 Å². The van der Waals surface area contributed by atoms with Crippen LogP contribution in [0.15, 0.2) is 41.5 Å². The third kappa shape index (κ3) is 5.52. The molecule has 2 aromatic rings. The molecule has 7 nitrogen and oxygen atoms in total. The SMILES string of the molecule is COc1cc(C=NNC(=O)C(C)Nc2ccc(Cl)cc2)cc(OC)c1OC. The molecule has 0 saturated carbocycles. The lowest BCUT2D eigenvalue weighted by Gasteiger charge is -2.14. The molecule has 0 radical (unpaired) electrons. The highest BCUT2D eigenvalue weighted by Gasteiger charge is 2.13. The Morgan fingerprint density at radius 1 is 1.07 bits per heavy atom. The maximum Gasteiger partial charge on any atom is 0.262 e. The highest BCUT2D eigenvalue weighted by molar-refractivity contribution is 6.30. The maximum atomic E-state index is 12.2. The molecular weight excluding hydrogens is 370 g/mol. The first-order valence-electron chi connectivity index (χ1n) is 8.13. The molecule has 0 bridgehead atoms. The number of nitrogens with zero attached hydrogens (tertiary/aromatic N) is 1. The van der Waals surface area contributed by atoms with E-state index in [9.17, 15) is 4.79 Å². The normalized spacial score (nSPS) is 11.7. The second kappa shape index (κ2) is 9.68. The zero-order valence-electron chi connectivity index (χ0n) is 15.6. The molecule has 0 aromatic heterocycles. The van der Waals surface area contributed by atoms with E-state index in [1.807, 2.05) is 0 Å². The Balaban J connectivity index is 2.01. The van der Waals surface area contributed by atoms with Crippen molar-refractivity contribution in [2.45, 2.75) is 13.0 Å². The van der Waals surface area contributed by atoms with Crippen molar-refractivity contribution in [2.24, 2.45) is 5.10 Å². The van der Waals surface area contributed by atoms with Gasteiger partial charge in [0.05, 0.1) is 27.5 Å². The zero-order valence-corrected chi connectivity index (χ0v) is 16.3. The number of rotatable bonds is 8. The fourth-order valence-corrected chi connectivity index (χ4v) is 2.43. The molecule has 144 valence electrons. The number of hydrogen-bond donors (Lipinski definition) is 2. The fraction of sp³-hybridized carbons (Fsp3) is 0.263. The Morgan fingerprint density at radius 2 is 1.67 bits per heavy atom. The summed E-state index contributed by atoms with van der Waals surface area (Å²) in [6.07, 6.45) is 1.50. The van der Waals surface area contributed by atoms with Crippen LogP contribution in [0.2, 0.25) is 5.02 Å². The number of carbonyl (C=O) groups is 1. The monoisotopic (exact) mass is 391 g/mol.